The van der Waals surface area contributed by atoms with E-state index < -0.39 is 0 Å². The summed E-state index contributed by atoms with van der Waals surface area (Å²) in [6, 6.07) is 7.69. The van der Waals surface area contributed by atoms with Crippen molar-refractivity contribution in [1.29, 1.82) is 0 Å². The molecular weight excluding hydrogens is 230 g/mol. The van der Waals surface area contributed by atoms with Crippen LogP contribution in [0.1, 0.15) is 30.4 Å². The molecule has 4 heteroatoms. The number of aldehydes is 1. The van der Waals surface area contributed by atoms with Gasteiger partial charge in [-0.15, -0.1) is 0 Å². The molecule has 1 aromatic carbocycles. The Balaban J connectivity index is 2.65. The molecule has 18 heavy (non-hydrogen) atoms. The first kappa shape index (κ1) is 14.1. The molecule has 1 aromatic rings. The Morgan fingerprint density at radius 2 is 1.94 bits per heavy atom. The van der Waals surface area contributed by atoms with E-state index in [0.29, 0.717) is 25.7 Å². The van der Waals surface area contributed by atoms with Crippen LogP contribution < -0.4 is 0 Å². The molecule has 1 rings (SSSR count). The second kappa shape index (κ2) is 7.37. The van der Waals surface area contributed by atoms with E-state index in [1.165, 1.54) is 0 Å². The maximum atomic E-state index is 10.9. The van der Waals surface area contributed by atoms with E-state index in [-0.39, 0.29) is 10.6 Å². The van der Waals surface area contributed by atoms with Crippen LogP contribution in [0.4, 0.5) is 0 Å². The zero-order valence-corrected chi connectivity index (χ0v) is 10.5. The molecule has 0 aliphatic carbocycles. The van der Waals surface area contributed by atoms with Crippen LogP contribution in [-0.2, 0) is 11.2 Å². The van der Waals surface area contributed by atoms with Gasteiger partial charge in [-0.2, -0.15) is 0 Å². The van der Waals surface area contributed by atoms with E-state index >= 15 is 0 Å². The quantitative estimate of drug-likeness (QED) is 0.322. The third-order valence-corrected chi connectivity index (χ3v) is 2.65. The standard InChI is InChI=1S/C14H17NO3/c1-12-6-8-13(9-7-12)11-14(15(17)18)5-3-2-4-10-16/h5-10H,2-4,11H2,1H3/b14-5-. The Morgan fingerprint density at radius 3 is 2.50 bits per heavy atom. The number of carbonyl (C=O) groups excluding carboxylic acids is 1. The van der Waals surface area contributed by atoms with Crippen molar-refractivity contribution in [2.24, 2.45) is 0 Å². The number of hydrogen-bond acceptors (Lipinski definition) is 3. The van der Waals surface area contributed by atoms with Gasteiger partial charge in [0.25, 0.3) is 0 Å². The highest BCUT2D eigenvalue weighted by molar-refractivity contribution is 5.49. The first-order valence-corrected chi connectivity index (χ1v) is 5.96. The van der Waals surface area contributed by atoms with Crippen LogP contribution in [0, 0.1) is 17.0 Å². The molecule has 0 spiro atoms. The molecule has 0 atom stereocenters. The first-order chi connectivity index (χ1) is 8.63. The summed E-state index contributed by atoms with van der Waals surface area (Å²) in [4.78, 5) is 20.7. The minimum atomic E-state index is -0.346. The van der Waals surface area contributed by atoms with Crippen LogP contribution in [0.2, 0.25) is 0 Å². The molecule has 4 nitrogen and oxygen atoms in total. The second-order valence-corrected chi connectivity index (χ2v) is 4.21. The lowest BCUT2D eigenvalue weighted by Gasteiger charge is -2.01. The smallest absolute Gasteiger partial charge is 0.246 e. The van der Waals surface area contributed by atoms with Crippen molar-refractivity contribution in [3.8, 4) is 0 Å². The molecule has 0 heterocycles. The molecule has 0 aliphatic heterocycles. The summed E-state index contributed by atoms with van der Waals surface area (Å²) in [6.45, 7) is 1.98. The van der Waals surface area contributed by atoms with Gasteiger partial charge in [0.1, 0.15) is 6.29 Å². The average molecular weight is 247 g/mol. The van der Waals surface area contributed by atoms with Crippen LogP contribution in [0.15, 0.2) is 36.0 Å². The predicted molar refractivity (Wildman–Crippen MR) is 69.9 cm³/mol. The minimum absolute atomic E-state index is 0.199. The number of carbonyl (C=O) groups is 1. The van der Waals surface area contributed by atoms with Gasteiger partial charge < -0.3 is 4.79 Å². The molecule has 96 valence electrons. The molecule has 0 aliphatic rings. The monoisotopic (exact) mass is 247 g/mol. The molecule has 0 bridgehead atoms. The number of rotatable bonds is 7. The minimum Gasteiger partial charge on any atom is -0.303 e. The van der Waals surface area contributed by atoms with Crippen molar-refractivity contribution in [3.63, 3.8) is 0 Å². The van der Waals surface area contributed by atoms with E-state index in [1.54, 1.807) is 6.08 Å². The Bertz CT molecular complexity index is 435. The predicted octanol–water partition coefficient (Wildman–Crippen LogP) is 3.07. The molecule has 0 N–H and O–H groups in total. The highest BCUT2D eigenvalue weighted by Crippen LogP contribution is 2.11. The Labute approximate surface area is 106 Å². The van der Waals surface area contributed by atoms with Crippen LogP contribution >= 0.6 is 0 Å². The number of nitro groups is 1. The van der Waals surface area contributed by atoms with Crippen molar-refractivity contribution in [3.05, 3.63) is 57.3 Å². The first-order valence-electron chi connectivity index (χ1n) is 5.96. The fraction of sp³-hybridized carbons (Fsp3) is 0.357. The van der Waals surface area contributed by atoms with E-state index in [9.17, 15) is 14.9 Å². The molecule has 0 radical (unpaired) electrons. The molecular formula is C14H17NO3. The number of aryl methyl sites for hydroxylation is 1. The summed E-state index contributed by atoms with van der Waals surface area (Å²) in [5.41, 5.74) is 2.26. The van der Waals surface area contributed by atoms with Gasteiger partial charge in [0.2, 0.25) is 5.70 Å². The summed E-state index contributed by atoms with van der Waals surface area (Å²) in [7, 11) is 0. The number of benzene rings is 1. The Morgan fingerprint density at radius 1 is 1.28 bits per heavy atom. The maximum Gasteiger partial charge on any atom is 0.246 e. The van der Waals surface area contributed by atoms with Gasteiger partial charge in [-0.05, 0) is 31.4 Å². The van der Waals surface area contributed by atoms with Crippen molar-refractivity contribution in [2.45, 2.75) is 32.6 Å². The highest BCUT2D eigenvalue weighted by atomic mass is 16.6. The van der Waals surface area contributed by atoms with Gasteiger partial charge in [0, 0.05) is 6.42 Å². The normalized spacial score (nSPS) is 11.3. The Hall–Kier alpha value is -1.97. The van der Waals surface area contributed by atoms with Crippen molar-refractivity contribution in [2.75, 3.05) is 0 Å². The van der Waals surface area contributed by atoms with E-state index in [0.717, 1.165) is 17.4 Å². The molecule has 0 fully saturated rings. The van der Waals surface area contributed by atoms with Gasteiger partial charge in [0.15, 0.2) is 0 Å². The third kappa shape index (κ3) is 4.91. The zero-order valence-electron chi connectivity index (χ0n) is 10.5. The van der Waals surface area contributed by atoms with Crippen molar-refractivity contribution >= 4 is 6.29 Å². The maximum absolute atomic E-state index is 10.9. The molecule has 0 aromatic heterocycles. The SMILES string of the molecule is Cc1ccc(C/C(=C/CCCC=O)[N+](=O)[O-])cc1. The zero-order chi connectivity index (χ0) is 13.4. The van der Waals surface area contributed by atoms with Gasteiger partial charge in [-0.25, -0.2) is 0 Å². The topological polar surface area (TPSA) is 60.2 Å². The van der Waals surface area contributed by atoms with Crippen LogP contribution in [0.3, 0.4) is 0 Å². The summed E-state index contributed by atoms with van der Waals surface area (Å²) in [6.07, 6.45) is 4.46. The number of hydrogen-bond donors (Lipinski definition) is 0. The summed E-state index contributed by atoms with van der Waals surface area (Å²) < 4.78 is 0. The van der Waals surface area contributed by atoms with Gasteiger partial charge in [-0.3, -0.25) is 10.1 Å². The fourth-order valence-corrected chi connectivity index (χ4v) is 1.60. The van der Waals surface area contributed by atoms with Crippen LogP contribution in [0.25, 0.3) is 0 Å². The van der Waals surface area contributed by atoms with Crippen LogP contribution in [0.5, 0.6) is 0 Å². The number of allylic oxidation sites excluding steroid dienone is 2. The molecule has 0 amide bonds. The van der Waals surface area contributed by atoms with Crippen molar-refractivity contribution < 1.29 is 9.72 Å². The summed E-state index contributed by atoms with van der Waals surface area (Å²) >= 11 is 0. The van der Waals surface area contributed by atoms with Gasteiger partial charge >= 0.3 is 0 Å². The highest BCUT2D eigenvalue weighted by Gasteiger charge is 2.10. The molecule has 0 saturated heterocycles. The molecule has 0 saturated carbocycles. The number of nitrogens with zero attached hydrogens (tertiary/aromatic N) is 1. The van der Waals surface area contributed by atoms with Crippen LogP contribution in [-0.4, -0.2) is 11.2 Å². The molecule has 0 unspecified atom stereocenters. The van der Waals surface area contributed by atoms with E-state index in [4.69, 9.17) is 0 Å². The lowest BCUT2D eigenvalue weighted by molar-refractivity contribution is -0.427. The van der Waals surface area contributed by atoms with E-state index in [1.807, 2.05) is 31.2 Å². The van der Waals surface area contributed by atoms with Gasteiger partial charge in [0.05, 0.1) is 11.3 Å². The number of unbranched alkanes of at least 4 members (excludes halogenated alkanes) is 2. The third-order valence-electron chi connectivity index (χ3n) is 2.65. The summed E-state index contributed by atoms with van der Waals surface area (Å²) in [5, 5.41) is 10.9. The summed E-state index contributed by atoms with van der Waals surface area (Å²) in [5.74, 6) is 0. The van der Waals surface area contributed by atoms with Gasteiger partial charge in [-0.1, -0.05) is 29.8 Å². The van der Waals surface area contributed by atoms with E-state index in [2.05, 4.69) is 0 Å². The largest absolute Gasteiger partial charge is 0.303 e. The Kier molecular flexibility index (Phi) is 5.77. The fourth-order valence-electron chi connectivity index (χ4n) is 1.60. The lowest BCUT2D eigenvalue weighted by atomic mass is 10.1. The average Bonchev–Trinajstić information content (AvgIpc) is 2.35. The van der Waals surface area contributed by atoms with Crippen molar-refractivity contribution in [1.82, 2.24) is 0 Å². The second-order valence-electron chi connectivity index (χ2n) is 4.21. The lowest BCUT2D eigenvalue weighted by Crippen LogP contribution is -2.02.